The van der Waals surface area contributed by atoms with Gasteiger partial charge in [0.1, 0.15) is 12.3 Å². The van der Waals surface area contributed by atoms with Crippen molar-refractivity contribution < 1.29 is 19.4 Å². The molecule has 1 aromatic carbocycles. The lowest BCUT2D eigenvalue weighted by Gasteiger charge is -2.09. The van der Waals surface area contributed by atoms with Gasteiger partial charge in [-0.2, -0.15) is 5.10 Å². The van der Waals surface area contributed by atoms with E-state index < -0.39 is 6.10 Å². The van der Waals surface area contributed by atoms with E-state index in [9.17, 15) is 9.90 Å². The van der Waals surface area contributed by atoms with Gasteiger partial charge in [-0.05, 0) is 24.6 Å². The smallest absolute Gasteiger partial charge is 0.271 e. The molecule has 0 saturated heterocycles. The molecule has 0 spiro atoms. The maximum Gasteiger partial charge on any atom is 0.271 e. The fraction of sp³-hybridized carbons (Fsp3) is 0.375. The molecule has 7 heteroatoms. The standard InChI is InChI=1S/C16H21N3O4/c1-3-12(20)9-17-16(21)13-8-11(18-19-13)10-23-15-7-5-4-6-14(15)22-2/h4-8,12,20H,3,9-10H2,1-2H3,(H,17,21)(H,18,19)/t12-/m1/s1. The molecule has 1 amide bonds. The van der Waals surface area contributed by atoms with Crippen molar-refractivity contribution in [3.8, 4) is 11.5 Å². The maximum atomic E-state index is 11.9. The van der Waals surface area contributed by atoms with Gasteiger partial charge in [-0.15, -0.1) is 0 Å². The molecule has 3 N–H and O–H groups in total. The molecule has 0 bridgehead atoms. The first-order valence-electron chi connectivity index (χ1n) is 7.40. The third-order valence-corrected chi connectivity index (χ3v) is 3.29. The summed E-state index contributed by atoms with van der Waals surface area (Å²) in [5, 5.41) is 18.8. The van der Waals surface area contributed by atoms with E-state index in [-0.39, 0.29) is 24.8 Å². The molecule has 2 rings (SSSR count). The van der Waals surface area contributed by atoms with Crippen LogP contribution in [-0.2, 0) is 6.61 Å². The number of aromatic amines is 1. The number of ether oxygens (including phenoxy) is 2. The number of hydrogen-bond donors (Lipinski definition) is 3. The molecule has 23 heavy (non-hydrogen) atoms. The maximum absolute atomic E-state index is 11.9. The van der Waals surface area contributed by atoms with Crippen molar-refractivity contribution in [2.45, 2.75) is 26.1 Å². The topological polar surface area (TPSA) is 96.5 Å². The zero-order valence-electron chi connectivity index (χ0n) is 13.2. The molecule has 0 unspecified atom stereocenters. The van der Waals surface area contributed by atoms with Gasteiger partial charge in [-0.1, -0.05) is 19.1 Å². The number of para-hydroxylation sites is 2. The van der Waals surface area contributed by atoms with Gasteiger partial charge in [-0.3, -0.25) is 9.89 Å². The van der Waals surface area contributed by atoms with Crippen molar-refractivity contribution in [2.75, 3.05) is 13.7 Å². The van der Waals surface area contributed by atoms with Gasteiger partial charge >= 0.3 is 0 Å². The fourth-order valence-corrected chi connectivity index (χ4v) is 1.89. The van der Waals surface area contributed by atoms with Gasteiger partial charge in [0.2, 0.25) is 0 Å². The highest BCUT2D eigenvalue weighted by atomic mass is 16.5. The van der Waals surface area contributed by atoms with Crippen LogP contribution in [0.2, 0.25) is 0 Å². The molecule has 0 aliphatic heterocycles. The molecule has 1 atom stereocenters. The van der Waals surface area contributed by atoms with Crippen LogP contribution < -0.4 is 14.8 Å². The van der Waals surface area contributed by atoms with Crippen LogP contribution in [0.1, 0.15) is 29.5 Å². The molecule has 0 aliphatic rings. The van der Waals surface area contributed by atoms with E-state index in [1.807, 2.05) is 19.1 Å². The number of H-pyrrole nitrogens is 1. The number of carbonyl (C=O) groups is 1. The Balaban J connectivity index is 1.90. The zero-order valence-corrected chi connectivity index (χ0v) is 13.2. The van der Waals surface area contributed by atoms with E-state index in [2.05, 4.69) is 15.5 Å². The van der Waals surface area contributed by atoms with Gasteiger partial charge in [0.15, 0.2) is 11.5 Å². The third-order valence-electron chi connectivity index (χ3n) is 3.29. The lowest BCUT2D eigenvalue weighted by atomic mass is 10.2. The fourth-order valence-electron chi connectivity index (χ4n) is 1.89. The summed E-state index contributed by atoms with van der Waals surface area (Å²) in [7, 11) is 1.57. The first-order valence-corrected chi connectivity index (χ1v) is 7.40. The van der Waals surface area contributed by atoms with E-state index in [1.165, 1.54) is 0 Å². The molecule has 1 heterocycles. The van der Waals surface area contributed by atoms with Crippen molar-refractivity contribution in [3.05, 3.63) is 41.7 Å². The van der Waals surface area contributed by atoms with Crippen molar-refractivity contribution in [1.29, 1.82) is 0 Å². The summed E-state index contributed by atoms with van der Waals surface area (Å²) < 4.78 is 10.9. The average Bonchev–Trinajstić information content (AvgIpc) is 3.06. The number of benzene rings is 1. The predicted octanol–water partition coefficient (Wildman–Crippen LogP) is 1.50. The highest BCUT2D eigenvalue weighted by molar-refractivity contribution is 5.92. The summed E-state index contributed by atoms with van der Waals surface area (Å²) in [6.07, 6.45) is 0.0324. The molecule has 0 radical (unpaired) electrons. The average molecular weight is 319 g/mol. The number of aliphatic hydroxyl groups excluding tert-OH is 1. The molecule has 0 aliphatic carbocycles. The first-order chi connectivity index (χ1) is 11.1. The van der Waals surface area contributed by atoms with Crippen LogP contribution in [0.25, 0.3) is 0 Å². The number of aliphatic hydroxyl groups is 1. The molecule has 124 valence electrons. The van der Waals surface area contributed by atoms with Crippen LogP contribution in [0, 0.1) is 0 Å². The van der Waals surface area contributed by atoms with Crippen LogP contribution >= 0.6 is 0 Å². The number of nitrogens with one attached hydrogen (secondary N) is 2. The summed E-state index contributed by atoms with van der Waals surface area (Å²) in [4.78, 5) is 11.9. The van der Waals surface area contributed by atoms with Crippen LogP contribution in [0.3, 0.4) is 0 Å². The van der Waals surface area contributed by atoms with Crippen LogP contribution in [0.5, 0.6) is 11.5 Å². The quantitative estimate of drug-likeness (QED) is 0.685. The van der Waals surface area contributed by atoms with Gasteiger partial charge in [-0.25, -0.2) is 0 Å². The van der Waals surface area contributed by atoms with E-state index in [0.717, 1.165) is 0 Å². The highest BCUT2D eigenvalue weighted by Gasteiger charge is 2.12. The number of amides is 1. The van der Waals surface area contributed by atoms with E-state index >= 15 is 0 Å². The lowest BCUT2D eigenvalue weighted by molar-refractivity contribution is 0.0909. The van der Waals surface area contributed by atoms with E-state index in [1.54, 1.807) is 25.3 Å². The van der Waals surface area contributed by atoms with Gasteiger partial charge in [0.25, 0.3) is 5.91 Å². The Bertz CT molecular complexity index is 642. The monoisotopic (exact) mass is 319 g/mol. The molecule has 2 aromatic rings. The second-order valence-corrected chi connectivity index (χ2v) is 4.99. The van der Waals surface area contributed by atoms with Crippen molar-refractivity contribution >= 4 is 5.91 Å². The van der Waals surface area contributed by atoms with Crippen molar-refractivity contribution in [1.82, 2.24) is 15.5 Å². The van der Waals surface area contributed by atoms with Crippen molar-refractivity contribution in [2.24, 2.45) is 0 Å². The van der Waals surface area contributed by atoms with Crippen LogP contribution in [0.15, 0.2) is 30.3 Å². The van der Waals surface area contributed by atoms with Gasteiger partial charge < -0.3 is 19.9 Å². The summed E-state index contributed by atoms with van der Waals surface area (Å²) >= 11 is 0. The number of methoxy groups -OCH3 is 1. The third kappa shape index (κ3) is 4.72. The van der Waals surface area contributed by atoms with Gasteiger partial charge in [0.05, 0.1) is 18.9 Å². The molecular formula is C16H21N3O4. The Morgan fingerprint density at radius 1 is 1.39 bits per heavy atom. The summed E-state index contributed by atoms with van der Waals surface area (Å²) in [6.45, 7) is 2.28. The summed E-state index contributed by atoms with van der Waals surface area (Å²) in [5.74, 6) is 0.914. The lowest BCUT2D eigenvalue weighted by Crippen LogP contribution is -2.31. The van der Waals surface area contributed by atoms with Crippen LogP contribution in [0.4, 0.5) is 0 Å². The Hall–Kier alpha value is -2.54. The number of rotatable bonds is 8. The first kappa shape index (κ1) is 16.8. The highest BCUT2D eigenvalue weighted by Crippen LogP contribution is 2.26. The minimum absolute atomic E-state index is 0.204. The molecule has 7 nitrogen and oxygen atoms in total. The molecule has 1 aromatic heterocycles. The predicted molar refractivity (Wildman–Crippen MR) is 84.5 cm³/mol. The largest absolute Gasteiger partial charge is 0.493 e. The number of carbonyl (C=O) groups excluding carboxylic acids is 1. The molecule has 0 saturated carbocycles. The Morgan fingerprint density at radius 2 is 2.13 bits per heavy atom. The SMILES string of the molecule is CC[C@@H](O)CNC(=O)c1cc(COc2ccccc2OC)[nH]n1. The number of hydrogen-bond acceptors (Lipinski definition) is 5. The summed E-state index contributed by atoms with van der Waals surface area (Å²) in [5.41, 5.74) is 0.920. The minimum atomic E-state index is -0.550. The van der Waals surface area contributed by atoms with Crippen molar-refractivity contribution in [3.63, 3.8) is 0 Å². The van der Waals surface area contributed by atoms with Crippen LogP contribution in [-0.4, -0.2) is 41.0 Å². The zero-order chi connectivity index (χ0) is 16.7. The number of aromatic nitrogens is 2. The Morgan fingerprint density at radius 3 is 2.83 bits per heavy atom. The van der Waals surface area contributed by atoms with E-state index in [0.29, 0.717) is 23.6 Å². The molecule has 0 fully saturated rings. The second kappa shape index (κ2) is 8.19. The minimum Gasteiger partial charge on any atom is -0.493 e. The van der Waals surface area contributed by atoms with E-state index in [4.69, 9.17) is 9.47 Å². The number of nitrogens with zero attached hydrogens (tertiary/aromatic N) is 1. The van der Waals surface area contributed by atoms with Gasteiger partial charge in [0, 0.05) is 6.54 Å². The normalized spacial score (nSPS) is 11.8. The molecular weight excluding hydrogens is 298 g/mol. The summed E-state index contributed by atoms with van der Waals surface area (Å²) in [6, 6.07) is 8.93. The second-order valence-electron chi connectivity index (χ2n) is 4.99. The Kier molecular flexibility index (Phi) is 5.99. The Labute approximate surface area is 134 Å².